The van der Waals surface area contributed by atoms with Crippen molar-refractivity contribution in [1.29, 1.82) is 0 Å². The van der Waals surface area contributed by atoms with Gasteiger partial charge in [-0.15, -0.1) is 0 Å². The molecule has 0 bridgehead atoms. The fourth-order valence-corrected chi connectivity index (χ4v) is 8.46. The van der Waals surface area contributed by atoms with Gasteiger partial charge in [0.25, 0.3) is 0 Å². The maximum Gasteiger partial charge on any atom is 0.222 e. The van der Waals surface area contributed by atoms with Gasteiger partial charge in [0, 0.05) is 0 Å². The molecular weight excluding hydrogens is 787 g/mol. The van der Waals surface area contributed by atoms with Crippen molar-refractivity contribution in [3.05, 3.63) is 60.8 Å². The summed E-state index contributed by atoms with van der Waals surface area (Å²) in [4.78, 5) is 12.5. The van der Waals surface area contributed by atoms with Gasteiger partial charge in [0.15, 0.2) is 0 Å². The summed E-state index contributed by atoms with van der Waals surface area (Å²) in [6.45, 7) is 4.20. The third-order valence-corrected chi connectivity index (χ3v) is 12.8. The van der Waals surface area contributed by atoms with E-state index in [1.54, 1.807) is 6.08 Å². The van der Waals surface area contributed by atoms with Crippen LogP contribution in [0.5, 0.6) is 0 Å². The second kappa shape index (κ2) is 53.7. The lowest BCUT2D eigenvalue weighted by Gasteiger charge is -2.21. The quantitative estimate of drug-likeness (QED) is 0.0362. The van der Waals surface area contributed by atoms with Crippen molar-refractivity contribution in [2.75, 3.05) is 6.61 Å². The van der Waals surface area contributed by atoms with Crippen LogP contribution in [0.1, 0.15) is 284 Å². The average Bonchev–Trinajstić information content (AvgIpc) is 3.29. The molecule has 0 radical (unpaired) electrons. The summed E-state index contributed by atoms with van der Waals surface area (Å²) in [5.41, 5.74) is 0. The average molecular weight is 897 g/mol. The number of rotatable bonds is 51. The molecule has 3 atom stereocenters. The Hall–Kier alpha value is -1.95. The van der Waals surface area contributed by atoms with E-state index in [1.807, 2.05) is 6.08 Å². The largest absolute Gasteiger partial charge is 0.394 e. The van der Waals surface area contributed by atoms with Gasteiger partial charge in [-0.25, -0.2) is 0 Å². The van der Waals surface area contributed by atoms with Crippen molar-refractivity contribution in [2.45, 2.75) is 302 Å². The molecule has 0 heterocycles. The van der Waals surface area contributed by atoms with Gasteiger partial charge in [0.2, 0.25) is 5.91 Å². The summed E-state index contributed by atoms with van der Waals surface area (Å²) < 4.78 is 0. The Morgan fingerprint density at radius 2 is 0.719 bits per heavy atom. The lowest BCUT2D eigenvalue weighted by atomic mass is 10.0. The second-order valence-electron chi connectivity index (χ2n) is 19.2. The number of carbonyl (C=O) groups excluding carboxylic acids is 1. The highest BCUT2D eigenvalue weighted by molar-refractivity contribution is 5.76. The molecule has 3 unspecified atom stereocenters. The van der Waals surface area contributed by atoms with Gasteiger partial charge < -0.3 is 20.6 Å². The topological polar surface area (TPSA) is 89.8 Å². The van der Waals surface area contributed by atoms with Crippen molar-refractivity contribution in [1.82, 2.24) is 5.32 Å². The summed E-state index contributed by atoms with van der Waals surface area (Å²) in [6.07, 6.45) is 72.7. The van der Waals surface area contributed by atoms with Gasteiger partial charge in [0.1, 0.15) is 0 Å². The van der Waals surface area contributed by atoms with Crippen LogP contribution in [0, 0.1) is 0 Å². The van der Waals surface area contributed by atoms with E-state index in [2.05, 4.69) is 67.8 Å². The number of hydrogen-bond donors (Lipinski definition) is 4. The van der Waals surface area contributed by atoms with E-state index in [1.165, 1.54) is 212 Å². The van der Waals surface area contributed by atoms with Gasteiger partial charge in [0.05, 0.1) is 31.3 Å². The smallest absolute Gasteiger partial charge is 0.222 e. The monoisotopic (exact) mass is 896 g/mol. The lowest BCUT2D eigenvalue weighted by molar-refractivity contribution is -0.124. The van der Waals surface area contributed by atoms with E-state index in [0.29, 0.717) is 6.42 Å². The Kier molecular flexibility index (Phi) is 52.0. The maximum absolute atomic E-state index is 12.5. The molecule has 0 aliphatic rings. The van der Waals surface area contributed by atoms with Crippen LogP contribution in [0.25, 0.3) is 0 Å². The van der Waals surface area contributed by atoms with Crippen LogP contribution in [0.3, 0.4) is 0 Å². The van der Waals surface area contributed by atoms with Gasteiger partial charge in [-0.05, 0) is 77.0 Å². The van der Waals surface area contributed by atoms with E-state index >= 15 is 0 Å². The van der Waals surface area contributed by atoms with Crippen LogP contribution in [-0.2, 0) is 4.79 Å². The third-order valence-electron chi connectivity index (χ3n) is 12.8. The molecule has 0 fully saturated rings. The van der Waals surface area contributed by atoms with E-state index in [-0.39, 0.29) is 18.9 Å². The Bertz CT molecular complexity index is 1080. The molecule has 0 saturated heterocycles. The van der Waals surface area contributed by atoms with Crippen molar-refractivity contribution in [3.63, 3.8) is 0 Å². The standard InChI is InChI=1S/C59H109NO4/c1-3-5-7-9-11-13-15-17-19-21-22-23-24-25-26-27-28-29-30-31-32-33-34-35-36-37-38-40-42-44-46-48-50-52-56(62)54-59(64)60-57(55-61)58(63)53-51-49-47-45-43-41-39-20-18-16-14-12-10-8-6-4-2/h18,20,24-25,27-28,43,45,51,53,56-58,61-63H,3-17,19,21-23,26,29-42,44,46-50,52,54-55H2,1-2H3,(H,60,64)/b20-18+,25-24-,28-27-,45-43+,53-51+. The fourth-order valence-electron chi connectivity index (χ4n) is 8.46. The van der Waals surface area contributed by atoms with Gasteiger partial charge in [-0.2, -0.15) is 0 Å². The number of amides is 1. The Balaban J connectivity index is 3.57. The second-order valence-corrected chi connectivity index (χ2v) is 19.2. The molecule has 374 valence electrons. The predicted octanol–water partition coefficient (Wildman–Crippen LogP) is 17.4. The first kappa shape index (κ1) is 62.1. The van der Waals surface area contributed by atoms with Crippen molar-refractivity contribution >= 4 is 5.91 Å². The number of aliphatic hydroxyl groups excluding tert-OH is 3. The van der Waals surface area contributed by atoms with Crippen LogP contribution in [0.2, 0.25) is 0 Å². The Morgan fingerprint density at radius 1 is 0.406 bits per heavy atom. The van der Waals surface area contributed by atoms with Gasteiger partial charge in [-0.3, -0.25) is 4.79 Å². The molecule has 0 aromatic carbocycles. The van der Waals surface area contributed by atoms with E-state index in [4.69, 9.17) is 0 Å². The molecule has 5 heteroatoms. The van der Waals surface area contributed by atoms with E-state index < -0.39 is 18.2 Å². The highest BCUT2D eigenvalue weighted by Crippen LogP contribution is 2.16. The van der Waals surface area contributed by atoms with Crippen molar-refractivity contribution in [3.8, 4) is 0 Å². The number of allylic oxidation sites excluding steroid dienone is 9. The molecule has 0 aromatic rings. The first-order valence-corrected chi connectivity index (χ1v) is 28.1. The minimum Gasteiger partial charge on any atom is -0.394 e. The molecular formula is C59H109NO4. The number of carbonyl (C=O) groups is 1. The van der Waals surface area contributed by atoms with Crippen LogP contribution in [0.4, 0.5) is 0 Å². The molecule has 0 saturated carbocycles. The summed E-state index contributed by atoms with van der Waals surface area (Å²) in [5, 5.41) is 33.3. The zero-order valence-electron chi connectivity index (χ0n) is 42.7. The minimum absolute atomic E-state index is 0.00136. The maximum atomic E-state index is 12.5. The molecule has 4 N–H and O–H groups in total. The summed E-state index contributed by atoms with van der Waals surface area (Å²) in [7, 11) is 0. The molecule has 0 aliphatic carbocycles. The minimum atomic E-state index is -0.962. The van der Waals surface area contributed by atoms with Gasteiger partial charge >= 0.3 is 0 Å². The molecule has 0 rings (SSSR count). The number of aliphatic hydroxyl groups is 3. The predicted molar refractivity (Wildman–Crippen MR) is 282 cm³/mol. The molecule has 0 aromatic heterocycles. The van der Waals surface area contributed by atoms with Crippen LogP contribution in [0.15, 0.2) is 60.8 Å². The summed E-state index contributed by atoms with van der Waals surface area (Å²) in [6, 6.07) is -0.769. The van der Waals surface area contributed by atoms with Crippen LogP contribution < -0.4 is 5.32 Å². The Morgan fingerprint density at radius 3 is 1.09 bits per heavy atom. The van der Waals surface area contributed by atoms with Gasteiger partial charge in [-0.1, -0.05) is 261 Å². The number of nitrogens with one attached hydrogen (secondary N) is 1. The number of unbranched alkanes of at least 4 members (excludes halogenated alkanes) is 34. The first-order valence-electron chi connectivity index (χ1n) is 28.1. The summed E-state index contributed by atoms with van der Waals surface area (Å²) >= 11 is 0. The normalized spacial score (nSPS) is 13.8. The van der Waals surface area contributed by atoms with E-state index in [9.17, 15) is 20.1 Å². The molecule has 0 aliphatic heterocycles. The highest BCUT2D eigenvalue weighted by atomic mass is 16.3. The van der Waals surface area contributed by atoms with Crippen molar-refractivity contribution in [2.24, 2.45) is 0 Å². The van der Waals surface area contributed by atoms with Crippen LogP contribution in [-0.4, -0.2) is 46.1 Å². The third kappa shape index (κ3) is 49.5. The summed E-state index contributed by atoms with van der Waals surface area (Å²) in [5.74, 6) is -0.329. The zero-order chi connectivity index (χ0) is 46.5. The highest BCUT2D eigenvalue weighted by Gasteiger charge is 2.20. The number of hydrogen-bond acceptors (Lipinski definition) is 4. The first-order chi connectivity index (χ1) is 31.5. The Labute approximate surface area is 399 Å². The SMILES string of the molecule is CCCCCCCC/C=C/CC/C=C/CC/C=C/C(O)C(CO)NC(=O)CC(O)CCCCCCCCCCCCCCCCC/C=C\C/C=C\CCCCCCCCCCCCC. The van der Waals surface area contributed by atoms with E-state index in [0.717, 1.165) is 44.9 Å². The molecule has 5 nitrogen and oxygen atoms in total. The van der Waals surface area contributed by atoms with Crippen LogP contribution >= 0.6 is 0 Å². The fraction of sp³-hybridized carbons (Fsp3) is 0.814. The zero-order valence-corrected chi connectivity index (χ0v) is 42.7. The molecule has 1 amide bonds. The molecule has 64 heavy (non-hydrogen) atoms. The molecule has 0 spiro atoms. The lowest BCUT2D eigenvalue weighted by Crippen LogP contribution is -2.45. The van der Waals surface area contributed by atoms with Crippen molar-refractivity contribution < 1.29 is 20.1 Å².